The molecule has 2 N–H and O–H groups in total. The van der Waals surface area contributed by atoms with Crippen molar-refractivity contribution in [2.75, 3.05) is 0 Å². The normalized spacial score (nSPS) is 42.2. The first kappa shape index (κ1) is 16.0. The van der Waals surface area contributed by atoms with Crippen molar-refractivity contribution < 1.29 is 10.2 Å². The molecule has 0 spiro atoms. The van der Waals surface area contributed by atoms with Gasteiger partial charge in [0.2, 0.25) is 0 Å². The van der Waals surface area contributed by atoms with E-state index < -0.39 is 0 Å². The van der Waals surface area contributed by atoms with Gasteiger partial charge in [-0.2, -0.15) is 0 Å². The summed E-state index contributed by atoms with van der Waals surface area (Å²) in [5, 5.41) is 20.1. The van der Waals surface area contributed by atoms with Gasteiger partial charge >= 0.3 is 0 Å². The molecule has 0 heterocycles. The Morgan fingerprint density at radius 1 is 1.20 bits per heavy atom. The van der Waals surface area contributed by atoms with Gasteiger partial charge < -0.3 is 10.2 Å². The molecule has 0 aromatic heterocycles. The minimum Gasteiger partial charge on any atom is -0.393 e. The van der Waals surface area contributed by atoms with E-state index in [-0.39, 0.29) is 19.6 Å². The maximum Gasteiger partial charge on any atom is 0.0749 e. The van der Waals surface area contributed by atoms with Crippen molar-refractivity contribution in [3.63, 3.8) is 0 Å². The van der Waals surface area contributed by atoms with Crippen molar-refractivity contribution in [2.45, 2.75) is 77.9 Å². The summed E-state index contributed by atoms with van der Waals surface area (Å²) in [6, 6.07) is 0. The van der Waals surface area contributed by atoms with Crippen LogP contribution >= 0.6 is 0 Å². The lowest BCUT2D eigenvalue weighted by atomic mass is 9.64. The number of fused-ring (bicyclic) bond motifs is 1. The van der Waals surface area contributed by atoms with Crippen molar-refractivity contribution in [1.82, 2.24) is 0 Å². The second-order valence-electron chi connectivity index (χ2n) is 7.34. The fourth-order valence-electron chi connectivity index (χ4n) is 4.62. The van der Waals surface area contributed by atoms with Crippen LogP contribution in [0.25, 0.3) is 0 Å². The zero-order valence-electron chi connectivity index (χ0n) is 12.1. The SMILES string of the molecule is C.CC12CCCC(O)[C@@H]1CCC2C/C=C/C(O)C1CC1. The van der Waals surface area contributed by atoms with E-state index in [0.29, 0.717) is 23.2 Å². The molecule has 0 radical (unpaired) electrons. The number of aliphatic hydroxyl groups is 2. The molecule has 3 aliphatic carbocycles. The fraction of sp³-hybridized carbons (Fsp3) is 0.889. The average molecular weight is 280 g/mol. The van der Waals surface area contributed by atoms with E-state index in [0.717, 1.165) is 12.8 Å². The largest absolute Gasteiger partial charge is 0.393 e. The molecule has 0 aromatic carbocycles. The first-order valence-corrected chi connectivity index (χ1v) is 8.14. The Balaban J connectivity index is 0.00000147. The van der Waals surface area contributed by atoms with Crippen LogP contribution in [0.3, 0.4) is 0 Å². The van der Waals surface area contributed by atoms with Crippen molar-refractivity contribution in [2.24, 2.45) is 23.2 Å². The first-order chi connectivity index (χ1) is 9.11. The molecule has 2 nitrogen and oxygen atoms in total. The number of hydrogen-bond donors (Lipinski definition) is 2. The van der Waals surface area contributed by atoms with Crippen molar-refractivity contribution >= 4 is 0 Å². The molecule has 0 aliphatic heterocycles. The maximum atomic E-state index is 10.2. The van der Waals surface area contributed by atoms with E-state index in [2.05, 4.69) is 13.0 Å². The number of allylic oxidation sites excluding steroid dienone is 1. The third-order valence-electron chi connectivity index (χ3n) is 6.14. The summed E-state index contributed by atoms with van der Waals surface area (Å²) in [6.45, 7) is 2.39. The van der Waals surface area contributed by atoms with Gasteiger partial charge in [-0.1, -0.05) is 32.9 Å². The van der Waals surface area contributed by atoms with Gasteiger partial charge in [-0.15, -0.1) is 0 Å². The lowest BCUT2D eigenvalue weighted by molar-refractivity contribution is -0.0164. The van der Waals surface area contributed by atoms with Crippen LogP contribution in [-0.2, 0) is 0 Å². The zero-order chi connectivity index (χ0) is 13.5. The van der Waals surface area contributed by atoms with E-state index in [1.54, 1.807) is 0 Å². The zero-order valence-corrected chi connectivity index (χ0v) is 12.1. The second-order valence-corrected chi connectivity index (χ2v) is 7.34. The third-order valence-corrected chi connectivity index (χ3v) is 6.14. The molecule has 2 heteroatoms. The highest BCUT2D eigenvalue weighted by Gasteiger charge is 2.50. The molecule has 3 rings (SSSR count). The molecule has 0 aromatic rings. The Hall–Kier alpha value is -0.340. The fourth-order valence-corrected chi connectivity index (χ4v) is 4.62. The smallest absolute Gasteiger partial charge is 0.0749 e. The van der Waals surface area contributed by atoms with Crippen LogP contribution < -0.4 is 0 Å². The van der Waals surface area contributed by atoms with E-state index in [9.17, 15) is 10.2 Å². The Kier molecular flexibility index (Phi) is 4.96. The molecule has 3 aliphatic rings. The van der Waals surface area contributed by atoms with Crippen molar-refractivity contribution in [3.05, 3.63) is 12.2 Å². The van der Waals surface area contributed by atoms with Gasteiger partial charge in [0.25, 0.3) is 0 Å². The second kappa shape index (κ2) is 6.19. The van der Waals surface area contributed by atoms with Crippen molar-refractivity contribution in [1.29, 1.82) is 0 Å². The van der Waals surface area contributed by atoms with Crippen LogP contribution in [0.4, 0.5) is 0 Å². The first-order valence-electron chi connectivity index (χ1n) is 8.14. The highest BCUT2D eigenvalue weighted by atomic mass is 16.3. The van der Waals surface area contributed by atoms with Gasteiger partial charge in [0, 0.05) is 0 Å². The van der Waals surface area contributed by atoms with E-state index >= 15 is 0 Å². The number of rotatable bonds is 4. The molecule has 3 saturated carbocycles. The Morgan fingerprint density at radius 2 is 1.95 bits per heavy atom. The van der Waals surface area contributed by atoms with Crippen LogP contribution in [0.2, 0.25) is 0 Å². The van der Waals surface area contributed by atoms with Crippen LogP contribution in [0.1, 0.15) is 65.7 Å². The highest BCUT2D eigenvalue weighted by molar-refractivity contribution is 5.04. The quantitative estimate of drug-likeness (QED) is 0.766. The van der Waals surface area contributed by atoms with Gasteiger partial charge in [-0.3, -0.25) is 0 Å². The van der Waals surface area contributed by atoms with Crippen LogP contribution in [0.15, 0.2) is 12.2 Å². The molecule has 5 atom stereocenters. The maximum absolute atomic E-state index is 10.2. The summed E-state index contributed by atoms with van der Waals surface area (Å²) in [5.74, 6) is 1.77. The predicted octanol–water partition coefficient (Wildman–Crippen LogP) is 3.92. The van der Waals surface area contributed by atoms with Gasteiger partial charge in [0.15, 0.2) is 0 Å². The van der Waals surface area contributed by atoms with E-state index in [1.165, 1.54) is 38.5 Å². The molecular formula is C18H32O2. The summed E-state index contributed by atoms with van der Waals surface area (Å²) in [4.78, 5) is 0. The Bertz CT molecular complexity index is 347. The summed E-state index contributed by atoms with van der Waals surface area (Å²) in [5.41, 5.74) is 0.340. The minimum atomic E-state index is -0.207. The Morgan fingerprint density at radius 3 is 2.65 bits per heavy atom. The third kappa shape index (κ3) is 2.96. The van der Waals surface area contributed by atoms with Gasteiger partial charge in [-0.25, -0.2) is 0 Å². The average Bonchev–Trinajstić information content (AvgIpc) is 3.15. The molecule has 116 valence electrons. The lowest BCUT2D eigenvalue weighted by Gasteiger charge is -2.43. The van der Waals surface area contributed by atoms with Gasteiger partial charge in [0.1, 0.15) is 0 Å². The van der Waals surface area contributed by atoms with Crippen LogP contribution in [0.5, 0.6) is 0 Å². The van der Waals surface area contributed by atoms with Crippen LogP contribution in [0, 0.1) is 23.2 Å². The summed E-state index contributed by atoms with van der Waals surface area (Å²) < 4.78 is 0. The number of hydrogen-bond acceptors (Lipinski definition) is 2. The molecule has 4 unspecified atom stereocenters. The topological polar surface area (TPSA) is 40.5 Å². The standard InChI is InChI=1S/C17H28O2.CH4/c1-17-11-3-6-16(19)14(17)10-9-13(17)4-2-5-15(18)12-7-8-12;/h2,5,12-16,18-19H,3-4,6-11H2,1H3;1H4/b5-2+;/t13?,14-,15?,16?,17?;/m0./s1. The monoisotopic (exact) mass is 280 g/mol. The van der Waals surface area contributed by atoms with Crippen LogP contribution in [-0.4, -0.2) is 22.4 Å². The molecule has 0 bridgehead atoms. The van der Waals surface area contributed by atoms with Crippen molar-refractivity contribution in [3.8, 4) is 0 Å². The molecule has 20 heavy (non-hydrogen) atoms. The van der Waals surface area contributed by atoms with E-state index in [4.69, 9.17) is 0 Å². The summed E-state index contributed by atoms with van der Waals surface area (Å²) in [6.07, 6.45) is 13.3. The molecule has 0 amide bonds. The van der Waals surface area contributed by atoms with E-state index in [1.807, 2.05) is 6.08 Å². The molecule has 0 saturated heterocycles. The molecular weight excluding hydrogens is 248 g/mol. The number of aliphatic hydroxyl groups excluding tert-OH is 2. The highest BCUT2D eigenvalue weighted by Crippen LogP contribution is 2.56. The predicted molar refractivity (Wildman–Crippen MR) is 83.4 cm³/mol. The summed E-state index contributed by atoms with van der Waals surface area (Å²) in [7, 11) is 0. The minimum absolute atomic E-state index is 0. The Labute approximate surface area is 124 Å². The summed E-state index contributed by atoms with van der Waals surface area (Å²) >= 11 is 0. The lowest BCUT2D eigenvalue weighted by Crippen LogP contribution is -2.39. The van der Waals surface area contributed by atoms with Gasteiger partial charge in [0.05, 0.1) is 12.2 Å². The molecule has 3 fully saturated rings. The van der Waals surface area contributed by atoms with Gasteiger partial charge in [-0.05, 0) is 68.1 Å².